The molecule has 0 bridgehead atoms. The average molecular weight is 413 g/mol. The third-order valence-electron chi connectivity index (χ3n) is 3.86. The molecule has 0 saturated heterocycles. The van der Waals surface area contributed by atoms with Crippen LogP contribution in [0.15, 0.2) is 67.6 Å². The highest BCUT2D eigenvalue weighted by atomic mass is 79.9. The molecule has 0 aliphatic heterocycles. The van der Waals surface area contributed by atoms with Gasteiger partial charge in [-0.3, -0.25) is 0 Å². The van der Waals surface area contributed by atoms with Gasteiger partial charge >= 0.3 is 5.63 Å². The second-order valence-corrected chi connectivity index (χ2v) is 7.38. The fourth-order valence-corrected chi connectivity index (χ4v) is 3.66. The van der Waals surface area contributed by atoms with Gasteiger partial charge in [0.1, 0.15) is 5.58 Å². The van der Waals surface area contributed by atoms with Crippen LogP contribution >= 0.6 is 27.3 Å². The van der Waals surface area contributed by atoms with Crippen LogP contribution in [0.4, 0.5) is 10.8 Å². The van der Waals surface area contributed by atoms with Crippen LogP contribution in [0.25, 0.3) is 22.2 Å². The lowest BCUT2D eigenvalue weighted by molar-refractivity contribution is 0.563. The zero-order chi connectivity index (χ0) is 17.4. The quantitative estimate of drug-likeness (QED) is 0.436. The monoisotopic (exact) mass is 412 g/mol. The van der Waals surface area contributed by atoms with Crippen molar-refractivity contribution in [1.29, 1.82) is 0 Å². The Morgan fingerprint density at radius 1 is 1.16 bits per heavy atom. The van der Waals surface area contributed by atoms with E-state index in [0.29, 0.717) is 16.8 Å². The smallest absolute Gasteiger partial charge is 0.345 e. The number of halogens is 1. The molecule has 0 radical (unpaired) electrons. The molecule has 0 fully saturated rings. The molecule has 0 atom stereocenters. The Kier molecular flexibility index (Phi) is 4.15. The van der Waals surface area contributed by atoms with Gasteiger partial charge in [0.2, 0.25) is 0 Å². The van der Waals surface area contributed by atoms with E-state index >= 15 is 0 Å². The van der Waals surface area contributed by atoms with Crippen LogP contribution < -0.4 is 10.9 Å². The lowest BCUT2D eigenvalue weighted by Gasteiger charge is -2.05. The summed E-state index contributed by atoms with van der Waals surface area (Å²) in [5.41, 5.74) is 3.37. The summed E-state index contributed by atoms with van der Waals surface area (Å²) in [7, 11) is 0. The Hall–Kier alpha value is -2.44. The maximum Gasteiger partial charge on any atom is 0.345 e. The summed E-state index contributed by atoms with van der Waals surface area (Å²) in [4.78, 5) is 16.8. The fraction of sp³-hybridized carbons (Fsp3) is 0.0526. The van der Waals surface area contributed by atoms with Crippen molar-refractivity contribution < 1.29 is 4.42 Å². The van der Waals surface area contributed by atoms with Crippen molar-refractivity contribution in [3.63, 3.8) is 0 Å². The van der Waals surface area contributed by atoms with Crippen LogP contribution in [0.1, 0.15) is 5.56 Å². The molecule has 4 rings (SSSR count). The summed E-state index contributed by atoms with van der Waals surface area (Å²) in [6.07, 6.45) is 0. The van der Waals surface area contributed by atoms with Gasteiger partial charge in [-0.15, -0.1) is 11.3 Å². The zero-order valence-electron chi connectivity index (χ0n) is 13.2. The first-order valence-corrected chi connectivity index (χ1v) is 9.29. The molecule has 0 amide bonds. The molecule has 0 unspecified atom stereocenters. The number of nitrogens with zero attached hydrogens (tertiary/aromatic N) is 1. The third-order valence-corrected chi connectivity index (χ3v) is 5.11. The summed E-state index contributed by atoms with van der Waals surface area (Å²) in [5, 5.41) is 6.74. The molecule has 0 spiro atoms. The van der Waals surface area contributed by atoms with Gasteiger partial charge in [0.05, 0.1) is 11.3 Å². The van der Waals surface area contributed by atoms with Crippen LogP contribution in [-0.2, 0) is 0 Å². The highest BCUT2D eigenvalue weighted by molar-refractivity contribution is 9.10. The van der Waals surface area contributed by atoms with Gasteiger partial charge in [-0.2, -0.15) is 0 Å². The van der Waals surface area contributed by atoms with E-state index in [0.717, 1.165) is 26.2 Å². The van der Waals surface area contributed by atoms with Gasteiger partial charge in [-0.05, 0) is 42.8 Å². The Labute approximate surface area is 156 Å². The van der Waals surface area contributed by atoms with Gasteiger partial charge < -0.3 is 9.73 Å². The van der Waals surface area contributed by atoms with Crippen LogP contribution in [0.2, 0.25) is 0 Å². The molecule has 25 heavy (non-hydrogen) atoms. The zero-order valence-corrected chi connectivity index (χ0v) is 15.6. The van der Waals surface area contributed by atoms with Crippen LogP contribution in [0.3, 0.4) is 0 Å². The van der Waals surface area contributed by atoms with E-state index in [2.05, 4.69) is 26.2 Å². The van der Waals surface area contributed by atoms with E-state index in [-0.39, 0.29) is 5.63 Å². The lowest BCUT2D eigenvalue weighted by atomic mass is 10.1. The molecule has 0 aliphatic rings. The lowest BCUT2D eigenvalue weighted by Crippen LogP contribution is -2.03. The van der Waals surface area contributed by atoms with Crippen LogP contribution in [0.5, 0.6) is 0 Å². The Morgan fingerprint density at radius 3 is 2.84 bits per heavy atom. The van der Waals surface area contributed by atoms with E-state index < -0.39 is 0 Å². The maximum absolute atomic E-state index is 12.3. The van der Waals surface area contributed by atoms with Crippen molar-refractivity contribution in [2.75, 3.05) is 5.32 Å². The molecule has 4 nitrogen and oxygen atoms in total. The summed E-state index contributed by atoms with van der Waals surface area (Å²) in [6.45, 7) is 2.03. The maximum atomic E-state index is 12.3. The van der Waals surface area contributed by atoms with Crippen molar-refractivity contribution in [1.82, 2.24) is 4.98 Å². The van der Waals surface area contributed by atoms with Crippen molar-refractivity contribution in [2.24, 2.45) is 0 Å². The predicted octanol–water partition coefficient (Wildman–Crippen LogP) is 5.73. The van der Waals surface area contributed by atoms with E-state index in [1.807, 2.05) is 54.8 Å². The fourth-order valence-electron chi connectivity index (χ4n) is 2.56. The number of rotatable bonds is 3. The second-order valence-electron chi connectivity index (χ2n) is 5.61. The summed E-state index contributed by atoms with van der Waals surface area (Å²) in [5.74, 6) is 0. The van der Waals surface area contributed by atoms with E-state index in [4.69, 9.17) is 4.42 Å². The number of anilines is 2. The van der Waals surface area contributed by atoms with Crippen molar-refractivity contribution >= 4 is 49.1 Å². The Morgan fingerprint density at radius 2 is 2.00 bits per heavy atom. The third kappa shape index (κ3) is 3.23. The molecule has 2 aromatic heterocycles. The van der Waals surface area contributed by atoms with Gasteiger partial charge in [-0.25, -0.2) is 9.78 Å². The van der Waals surface area contributed by atoms with Gasteiger partial charge in [-0.1, -0.05) is 34.1 Å². The Bertz CT molecular complexity index is 1130. The minimum atomic E-state index is -0.387. The molecule has 124 valence electrons. The van der Waals surface area contributed by atoms with Gasteiger partial charge in [0.15, 0.2) is 5.13 Å². The molecule has 1 N–H and O–H groups in total. The molecule has 6 heteroatoms. The molecule has 0 aliphatic carbocycles. The SMILES string of the molecule is Cc1ccccc1Nc1nc(-c2cc3cc(Br)ccc3oc2=O)cs1. The van der Waals surface area contributed by atoms with Crippen molar-refractivity contribution in [2.45, 2.75) is 6.92 Å². The molecule has 2 aromatic carbocycles. The normalized spacial score (nSPS) is 11.0. The van der Waals surface area contributed by atoms with E-state index in [1.54, 1.807) is 6.07 Å². The van der Waals surface area contributed by atoms with Crippen LogP contribution in [0, 0.1) is 6.92 Å². The number of nitrogens with one attached hydrogen (secondary N) is 1. The Balaban J connectivity index is 1.72. The van der Waals surface area contributed by atoms with E-state index in [1.165, 1.54) is 11.3 Å². The van der Waals surface area contributed by atoms with Gasteiger partial charge in [0.25, 0.3) is 0 Å². The molecular formula is C19H13BrN2O2S. The number of hydrogen-bond acceptors (Lipinski definition) is 5. The first kappa shape index (κ1) is 16.1. The molecule has 4 aromatic rings. The first-order valence-electron chi connectivity index (χ1n) is 7.62. The first-order chi connectivity index (χ1) is 12.1. The molecule has 2 heterocycles. The second kappa shape index (κ2) is 6.46. The summed E-state index contributed by atoms with van der Waals surface area (Å²) < 4.78 is 6.35. The van der Waals surface area contributed by atoms with E-state index in [9.17, 15) is 4.79 Å². The number of para-hydroxylation sites is 1. The minimum absolute atomic E-state index is 0.387. The van der Waals surface area contributed by atoms with Gasteiger partial charge in [0, 0.05) is 20.9 Å². The van der Waals surface area contributed by atoms with Crippen LogP contribution in [-0.4, -0.2) is 4.98 Å². The number of hydrogen-bond donors (Lipinski definition) is 1. The number of thiazole rings is 1. The number of benzene rings is 2. The largest absolute Gasteiger partial charge is 0.422 e. The molecular weight excluding hydrogens is 400 g/mol. The summed E-state index contributed by atoms with van der Waals surface area (Å²) in [6, 6.07) is 15.4. The number of fused-ring (bicyclic) bond motifs is 1. The predicted molar refractivity (Wildman–Crippen MR) is 106 cm³/mol. The highest BCUT2D eigenvalue weighted by Gasteiger charge is 2.12. The average Bonchev–Trinajstić information content (AvgIpc) is 3.05. The minimum Gasteiger partial charge on any atom is -0.422 e. The van der Waals surface area contributed by atoms with Crippen molar-refractivity contribution in [3.05, 3.63) is 74.4 Å². The number of aryl methyl sites for hydroxylation is 1. The highest BCUT2D eigenvalue weighted by Crippen LogP contribution is 2.29. The van der Waals surface area contributed by atoms with Crippen molar-refractivity contribution in [3.8, 4) is 11.3 Å². The molecule has 0 saturated carbocycles. The topological polar surface area (TPSA) is 55.1 Å². The number of aromatic nitrogens is 1. The summed E-state index contributed by atoms with van der Waals surface area (Å²) >= 11 is 4.89. The standard InChI is InChI=1S/C19H13BrN2O2S/c1-11-4-2-3-5-15(11)21-19-22-16(10-25-19)14-9-12-8-13(20)6-7-17(12)24-18(14)23/h2-10H,1H3,(H,21,22).